The zero-order valence-corrected chi connectivity index (χ0v) is 14.5. The van der Waals surface area contributed by atoms with Gasteiger partial charge in [-0.25, -0.2) is 4.79 Å². The van der Waals surface area contributed by atoms with Gasteiger partial charge in [-0.3, -0.25) is 9.69 Å². The summed E-state index contributed by atoms with van der Waals surface area (Å²) < 4.78 is 5.88. The van der Waals surface area contributed by atoms with Crippen LogP contribution in [0.5, 0.6) is 5.75 Å². The van der Waals surface area contributed by atoms with E-state index >= 15 is 0 Å². The van der Waals surface area contributed by atoms with Gasteiger partial charge in [0.2, 0.25) is 0 Å². The maximum Gasteiger partial charge on any atom is 0.353 e. The summed E-state index contributed by atoms with van der Waals surface area (Å²) in [7, 11) is 1.65. The third-order valence-electron chi connectivity index (χ3n) is 3.08. The number of benzene rings is 1. The van der Waals surface area contributed by atoms with E-state index in [0.717, 1.165) is 5.56 Å². The molecule has 1 aliphatic heterocycles. The van der Waals surface area contributed by atoms with Gasteiger partial charge in [-0.05, 0) is 35.2 Å². The second kappa shape index (κ2) is 6.66. The van der Waals surface area contributed by atoms with E-state index in [-0.39, 0.29) is 5.91 Å². The number of carbonyl (C=O) groups excluding carboxylic acids is 2. The maximum absolute atomic E-state index is 12.0. The largest absolute Gasteiger partial charge is 0.422 e. The summed E-state index contributed by atoms with van der Waals surface area (Å²) in [6, 6.07) is 10.5. The van der Waals surface area contributed by atoms with Crippen LogP contribution in [0, 0.1) is 0 Å². The highest BCUT2D eigenvalue weighted by Crippen LogP contribution is 2.31. The fourth-order valence-electron chi connectivity index (χ4n) is 1.92. The first-order valence-electron chi connectivity index (χ1n) is 6.62. The quantitative estimate of drug-likeness (QED) is 0.360. The van der Waals surface area contributed by atoms with Gasteiger partial charge in [-0.1, -0.05) is 42.2 Å². The number of carbonyl (C=O) groups is 2. The Hall–Kier alpha value is -1.96. The number of amides is 1. The molecule has 23 heavy (non-hydrogen) atoms. The van der Waals surface area contributed by atoms with E-state index in [4.69, 9.17) is 17.0 Å². The Morgan fingerprint density at radius 2 is 2.13 bits per heavy atom. The van der Waals surface area contributed by atoms with Crippen LogP contribution in [-0.2, 0) is 4.79 Å². The Morgan fingerprint density at radius 3 is 2.78 bits per heavy atom. The summed E-state index contributed by atoms with van der Waals surface area (Å²) >= 11 is 7.68. The van der Waals surface area contributed by atoms with Crippen LogP contribution < -0.4 is 4.74 Å². The van der Waals surface area contributed by atoms with E-state index in [9.17, 15) is 9.59 Å². The third kappa shape index (κ3) is 3.52. The number of esters is 1. The average Bonchev–Trinajstić information content (AvgIpc) is 3.14. The second-order valence-electron chi connectivity index (χ2n) is 4.68. The summed E-state index contributed by atoms with van der Waals surface area (Å²) in [6.45, 7) is 0. The van der Waals surface area contributed by atoms with Crippen LogP contribution >= 0.6 is 35.3 Å². The van der Waals surface area contributed by atoms with Gasteiger partial charge in [0.15, 0.2) is 0 Å². The number of likely N-dealkylation sites (N-methyl/N-ethyl adjacent to an activating group) is 1. The smallest absolute Gasteiger partial charge is 0.353 e. The van der Waals surface area contributed by atoms with Crippen molar-refractivity contribution in [2.24, 2.45) is 0 Å². The van der Waals surface area contributed by atoms with Gasteiger partial charge in [0.1, 0.15) is 14.9 Å². The fraction of sp³-hybridized carbons (Fsp3) is 0.0625. The van der Waals surface area contributed by atoms with Gasteiger partial charge in [0.25, 0.3) is 5.91 Å². The molecule has 0 radical (unpaired) electrons. The second-order valence-corrected chi connectivity index (χ2v) is 7.30. The molecule has 0 atom stereocenters. The molecule has 0 N–H and O–H groups in total. The minimum Gasteiger partial charge on any atom is -0.422 e. The molecule has 4 nitrogen and oxygen atoms in total. The molecule has 2 heterocycles. The van der Waals surface area contributed by atoms with E-state index in [1.807, 2.05) is 11.4 Å². The van der Waals surface area contributed by atoms with Crippen molar-refractivity contribution in [1.29, 1.82) is 0 Å². The molecule has 0 saturated carbocycles. The van der Waals surface area contributed by atoms with Gasteiger partial charge < -0.3 is 4.74 Å². The number of hydrogen-bond acceptors (Lipinski definition) is 6. The first-order valence-corrected chi connectivity index (χ1v) is 8.72. The number of thioether (sulfide) groups is 1. The molecular formula is C16H11NO3S3. The van der Waals surface area contributed by atoms with Gasteiger partial charge in [0, 0.05) is 7.05 Å². The molecule has 1 amide bonds. The van der Waals surface area contributed by atoms with Crippen molar-refractivity contribution in [2.75, 3.05) is 7.05 Å². The van der Waals surface area contributed by atoms with Crippen LogP contribution in [0.2, 0.25) is 0 Å². The SMILES string of the molecule is CN1C(=O)C(=Cc2cccc(OC(=O)c3cccs3)c2)SC1=S. The van der Waals surface area contributed by atoms with Gasteiger partial charge in [-0.15, -0.1) is 11.3 Å². The minimum absolute atomic E-state index is 0.124. The minimum atomic E-state index is -0.392. The number of ether oxygens (including phenoxy) is 1. The van der Waals surface area contributed by atoms with Crippen LogP contribution in [0.1, 0.15) is 15.2 Å². The number of thiophene rings is 1. The highest BCUT2D eigenvalue weighted by molar-refractivity contribution is 8.26. The number of thiocarbonyl (C=S) groups is 1. The summed E-state index contributed by atoms with van der Waals surface area (Å²) in [5.74, 6) is -0.0813. The number of hydrogen-bond donors (Lipinski definition) is 0. The highest BCUT2D eigenvalue weighted by atomic mass is 32.2. The normalized spacial score (nSPS) is 16.2. The van der Waals surface area contributed by atoms with Crippen LogP contribution in [0.3, 0.4) is 0 Å². The van der Waals surface area contributed by atoms with E-state index in [1.165, 1.54) is 28.0 Å². The Balaban J connectivity index is 1.79. The lowest BCUT2D eigenvalue weighted by Crippen LogP contribution is -2.22. The molecular weight excluding hydrogens is 350 g/mol. The Labute approximate surface area is 146 Å². The predicted molar refractivity (Wildman–Crippen MR) is 96.7 cm³/mol. The molecule has 0 unspecified atom stereocenters. The molecule has 0 bridgehead atoms. The van der Waals surface area contributed by atoms with Crippen molar-refractivity contribution in [3.8, 4) is 5.75 Å². The van der Waals surface area contributed by atoms with Crippen molar-refractivity contribution in [2.45, 2.75) is 0 Å². The van der Waals surface area contributed by atoms with Crippen molar-refractivity contribution in [3.05, 3.63) is 57.1 Å². The summed E-state index contributed by atoms with van der Waals surface area (Å²) in [5.41, 5.74) is 0.774. The number of nitrogens with zero attached hydrogens (tertiary/aromatic N) is 1. The zero-order valence-electron chi connectivity index (χ0n) is 12.0. The molecule has 3 rings (SSSR count). The molecule has 1 aromatic carbocycles. The number of rotatable bonds is 3. The predicted octanol–water partition coefficient (Wildman–Crippen LogP) is 3.80. The monoisotopic (exact) mass is 361 g/mol. The molecule has 0 spiro atoms. The molecule has 1 aromatic heterocycles. The average molecular weight is 361 g/mol. The highest BCUT2D eigenvalue weighted by Gasteiger charge is 2.28. The molecule has 116 valence electrons. The van der Waals surface area contributed by atoms with Crippen LogP contribution in [0.15, 0.2) is 46.7 Å². The molecule has 2 aromatic rings. The molecule has 0 aliphatic carbocycles. The summed E-state index contributed by atoms with van der Waals surface area (Å²) in [6.07, 6.45) is 1.74. The van der Waals surface area contributed by atoms with Crippen molar-refractivity contribution in [1.82, 2.24) is 4.90 Å². The Bertz CT molecular complexity index is 812. The lowest BCUT2D eigenvalue weighted by Gasteiger charge is -2.04. The van der Waals surface area contributed by atoms with E-state index in [0.29, 0.717) is 19.9 Å². The van der Waals surface area contributed by atoms with Crippen LogP contribution in [-0.4, -0.2) is 28.1 Å². The molecule has 7 heteroatoms. The lowest BCUT2D eigenvalue weighted by atomic mass is 10.2. The van der Waals surface area contributed by atoms with Crippen molar-refractivity contribution < 1.29 is 14.3 Å². The Morgan fingerprint density at radius 1 is 1.30 bits per heavy atom. The maximum atomic E-state index is 12.0. The zero-order chi connectivity index (χ0) is 16.4. The molecule has 1 saturated heterocycles. The Kier molecular flexibility index (Phi) is 4.61. The third-order valence-corrected chi connectivity index (χ3v) is 5.41. The van der Waals surface area contributed by atoms with Gasteiger partial charge >= 0.3 is 5.97 Å². The summed E-state index contributed by atoms with van der Waals surface area (Å²) in [5, 5.41) is 1.82. The molecule has 1 aliphatic rings. The van der Waals surface area contributed by atoms with Crippen LogP contribution in [0.25, 0.3) is 6.08 Å². The van der Waals surface area contributed by atoms with Gasteiger partial charge in [-0.2, -0.15) is 0 Å². The topological polar surface area (TPSA) is 46.6 Å². The van der Waals surface area contributed by atoms with E-state index in [2.05, 4.69) is 0 Å². The standard InChI is InChI=1S/C16H11NO3S3/c1-17-14(18)13(23-16(17)21)9-10-4-2-5-11(8-10)20-15(19)12-6-3-7-22-12/h2-9H,1H3. The fourth-order valence-corrected chi connectivity index (χ4v) is 3.70. The van der Waals surface area contributed by atoms with Gasteiger partial charge in [0.05, 0.1) is 4.91 Å². The van der Waals surface area contributed by atoms with Crippen molar-refractivity contribution >= 4 is 57.6 Å². The molecule has 1 fully saturated rings. The lowest BCUT2D eigenvalue weighted by molar-refractivity contribution is -0.121. The van der Waals surface area contributed by atoms with E-state index in [1.54, 1.807) is 43.5 Å². The van der Waals surface area contributed by atoms with Crippen molar-refractivity contribution in [3.63, 3.8) is 0 Å². The van der Waals surface area contributed by atoms with Crippen LogP contribution in [0.4, 0.5) is 0 Å². The van der Waals surface area contributed by atoms with E-state index < -0.39 is 5.97 Å². The summed E-state index contributed by atoms with van der Waals surface area (Å²) in [4.78, 5) is 26.5. The first-order chi connectivity index (χ1) is 11.0. The first kappa shape index (κ1) is 15.9.